The molecular formula is C21H22N4O2. The Morgan fingerprint density at radius 3 is 2.41 bits per heavy atom. The molecule has 138 valence electrons. The SMILES string of the molecule is COC(=O)CN1CCN(c2nc(-c3ccccc3)nc3ccccc23)CC1. The van der Waals surface area contributed by atoms with E-state index in [1.807, 2.05) is 48.5 Å². The highest BCUT2D eigenvalue weighted by Gasteiger charge is 2.22. The second kappa shape index (κ2) is 7.72. The molecule has 27 heavy (non-hydrogen) atoms. The summed E-state index contributed by atoms with van der Waals surface area (Å²) in [5.74, 6) is 1.50. The molecule has 1 aromatic heterocycles. The average Bonchev–Trinajstić information content (AvgIpc) is 2.74. The molecule has 6 heteroatoms. The van der Waals surface area contributed by atoms with Crippen LogP contribution in [0.1, 0.15) is 0 Å². The van der Waals surface area contributed by atoms with E-state index in [0.29, 0.717) is 6.54 Å². The van der Waals surface area contributed by atoms with Crippen LogP contribution in [0.5, 0.6) is 0 Å². The predicted octanol–water partition coefficient (Wildman–Crippen LogP) is 2.59. The van der Waals surface area contributed by atoms with Crippen LogP contribution in [0.3, 0.4) is 0 Å². The van der Waals surface area contributed by atoms with Crippen molar-refractivity contribution in [1.82, 2.24) is 14.9 Å². The first-order valence-corrected chi connectivity index (χ1v) is 9.11. The van der Waals surface area contributed by atoms with Gasteiger partial charge in [-0.15, -0.1) is 0 Å². The molecule has 0 atom stereocenters. The minimum absolute atomic E-state index is 0.192. The van der Waals surface area contributed by atoms with Gasteiger partial charge in [-0.3, -0.25) is 9.69 Å². The number of ether oxygens (including phenoxy) is 1. The Morgan fingerprint density at radius 1 is 0.963 bits per heavy atom. The molecule has 0 spiro atoms. The summed E-state index contributed by atoms with van der Waals surface area (Å²) in [7, 11) is 1.43. The summed E-state index contributed by atoms with van der Waals surface area (Å²) in [6.45, 7) is 3.56. The number of nitrogens with zero attached hydrogens (tertiary/aromatic N) is 4. The van der Waals surface area contributed by atoms with E-state index in [1.165, 1.54) is 7.11 Å². The van der Waals surface area contributed by atoms with Gasteiger partial charge in [0.05, 0.1) is 19.2 Å². The maximum Gasteiger partial charge on any atom is 0.319 e. The normalized spacial score (nSPS) is 15.1. The van der Waals surface area contributed by atoms with Crippen LogP contribution in [0.15, 0.2) is 54.6 Å². The number of carbonyl (C=O) groups excluding carboxylic acids is 1. The largest absolute Gasteiger partial charge is 0.468 e. The smallest absolute Gasteiger partial charge is 0.319 e. The minimum atomic E-state index is -0.192. The van der Waals surface area contributed by atoms with Crippen molar-refractivity contribution in [3.8, 4) is 11.4 Å². The van der Waals surface area contributed by atoms with Crippen molar-refractivity contribution < 1.29 is 9.53 Å². The standard InChI is InChI=1S/C21H22N4O2/c1-27-19(26)15-24-11-13-25(14-12-24)21-17-9-5-6-10-18(17)22-20(23-21)16-7-3-2-4-8-16/h2-10H,11-15H2,1H3. The van der Waals surface area contributed by atoms with Gasteiger partial charge in [-0.1, -0.05) is 42.5 Å². The number of anilines is 1. The fourth-order valence-electron chi connectivity index (χ4n) is 3.38. The van der Waals surface area contributed by atoms with E-state index in [0.717, 1.165) is 54.3 Å². The molecule has 0 unspecified atom stereocenters. The Kier molecular flexibility index (Phi) is 4.98. The molecule has 0 radical (unpaired) electrons. The van der Waals surface area contributed by atoms with E-state index in [-0.39, 0.29) is 5.97 Å². The van der Waals surface area contributed by atoms with Crippen molar-refractivity contribution in [1.29, 1.82) is 0 Å². The van der Waals surface area contributed by atoms with Crippen molar-refractivity contribution in [2.24, 2.45) is 0 Å². The molecule has 3 aromatic rings. The van der Waals surface area contributed by atoms with Crippen molar-refractivity contribution in [3.63, 3.8) is 0 Å². The molecule has 0 bridgehead atoms. The number of rotatable bonds is 4. The lowest BCUT2D eigenvalue weighted by atomic mass is 10.1. The van der Waals surface area contributed by atoms with Crippen LogP contribution in [0.4, 0.5) is 5.82 Å². The number of para-hydroxylation sites is 1. The van der Waals surface area contributed by atoms with Gasteiger partial charge < -0.3 is 9.64 Å². The number of esters is 1. The molecule has 2 heterocycles. The first-order chi connectivity index (χ1) is 13.2. The summed E-state index contributed by atoms with van der Waals surface area (Å²) in [6.07, 6.45) is 0. The third-order valence-electron chi connectivity index (χ3n) is 4.87. The van der Waals surface area contributed by atoms with E-state index in [1.54, 1.807) is 0 Å². The third kappa shape index (κ3) is 3.75. The molecular weight excluding hydrogens is 340 g/mol. The maximum absolute atomic E-state index is 11.5. The van der Waals surface area contributed by atoms with E-state index in [4.69, 9.17) is 14.7 Å². The lowest BCUT2D eigenvalue weighted by Gasteiger charge is -2.35. The minimum Gasteiger partial charge on any atom is -0.468 e. The topological polar surface area (TPSA) is 58.6 Å². The third-order valence-corrected chi connectivity index (χ3v) is 4.87. The molecule has 1 saturated heterocycles. The second-order valence-electron chi connectivity index (χ2n) is 6.59. The van der Waals surface area contributed by atoms with Crippen LogP contribution < -0.4 is 4.90 Å². The monoisotopic (exact) mass is 362 g/mol. The van der Waals surface area contributed by atoms with E-state index in [9.17, 15) is 4.79 Å². The summed E-state index contributed by atoms with van der Waals surface area (Å²) in [4.78, 5) is 25.6. The summed E-state index contributed by atoms with van der Waals surface area (Å²) in [5, 5.41) is 1.05. The maximum atomic E-state index is 11.5. The lowest BCUT2D eigenvalue weighted by molar-refractivity contribution is -0.142. The zero-order valence-corrected chi connectivity index (χ0v) is 15.3. The molecule has 0 N–H and O–H groups in total. The van der Waals surface area contributed by atoms with Crippen LogP contribution in [0, 0.1) is 0 Å². The van der Waals surface area contributed by atoms with Gasteiger partial charge in [0.2, 0.25) is 0 Å². The first kappa shape index (κ1) is 17.4. The number of aromatic nitrogens is 2. The molecule has 0 amide bonds. The average molecular weight is 362 g/mol. The number of methoxy groups -OCH3 is 1. The molecule has 4 rings (SSSR count). The van der Waals surface area contributed by atoms with Gasteiger partial charge in [0, 0.05) is 37.1 Å². The van der Waals surface area contributed by atoms with Gasteiger partial charge in [0.15, 0.2) is 5.82 Å². The van der Waals surface area contributed by atoms with Crippen molar-refractivity contribution in [3.05, 3.63) is 54.6 Å². The van der Waals surface area contributed by atoms with Gasteiger partial charge in [0.25, 0.3) is 0 Å². The Hall–Kier alpha value is -2.99. The van der Waals surface area contributed by atoms with Crippen LogP contribution in [-0.4, -0.2) is 60.7 Å². The quantitative estimate of drug-likeness (QED) is 0.665. The number of hydrogen-bond acceptors (Lipinski definition) is 6. The summed E-state index contributed by atoms with van der Waals surface area (Å²) >= 11 is 0. The number of piperazine rings is 1. The first-order valence-electron chi connectivity index (χ1n) is 9.11. The van der Waals surface area contributed by atoms with Crippen molar-refractivity contribution >= 4 is 22.7 Å². The highest BCUT2D eigenvalue weighted by molar-refractivity contribution is 5.91. The van der Waals surface area contributed by atoms with Crippen LogP contribution in [0.2, 0.25) is 0 Å². The zero-order valence-electron chi connectivity index (χ0n) is 15.3. The fraction of sp³-hybridized carbons (Fsp3) is 0.286. The fourth-order valence-corrected chi connectivity index (χ4v) is 3.38. The van der Waals surface area contributed by atoms with Crippen LogP contribution in [-0.2, 0) is 9.53 Å². The number of hydrogen-bond donors (Lipinski definition) is 0. The van der Waals surface area contributed by atoms with Gasteiger partial charge in [-0.25, -0.2) is 9.97 Å². The van der Waals surface area contributed by atoms with Crippen LogP contribution in [0.25, 0.3) is 22.3 Å². The van der Waals surface area contributed by atoms with Crippen LogP contribution >= 0.6 is 0 Å². The number of fused-ring (bicyclic) bond motifs is 1. The molecule has 0 saturated carbocycles. The Bertz CT molecular complexity index is 937. The summed E-state index contributed by atoms with van der Waals surface area (Å²) in [5.41, 5.74) is 1.95. The molecule has 1 aliphatic heterocycles. The van der Waals surface area contributed by atoms with Crippen molar-refractivity contribution in [2.45, 2.75) is 0 Å². The Morgan fingerprint density at radius 2 is 1.67 bits per heavy atom. The lowest BCUT2D eigenvalue weighted by Crippen LogP contribution is -2.48. The van der Waals surface area contributed by atoms with E-state index < -0.39 is 0 Å². The summed E-state index contributed by atoms with van der Waals surface area (Å²) < 4.78 is 4.77. The van der Waals surface area contributed by atoms with Crippen molar-refractivity contribution in [2.75, 3.05) is 44.7 Å². The van der Waals surface area contributed by atoms with Gasteiger partial charge >= 0.3 is 5.97 Å². The van der Waals surface area contributed by atoms with Gasteiger partial charge in [-0.2, -0.15) is 0 Å². The molecule has 1 fully saturated rings. The molecule has 2 aromatic carbocycles. The number of benzene rings is 2. The molecule has 6 nitrogen and oxygen atoms in total. The van der Waals surface area contributed by atoms with E-state index in [2.05, 4.69) is 15.9 Å². The Labute approximate surface area is 158 Å². The molecule has 1 aliphatic rings. The number of carbonyl (C=O) groups is 1. The molecule has 0 aliphatic carbocycles. The highest BCUT2D eigenvalue weighted by atomic mass is 16.5. The highest BCUT2D eigenvalue weighted by Crippen LogP contribution is 2.28. The predicted molar refractivity (Wildman–Crippen MR) is 106 cm³/mol. The van der Waals surface area contributed by atoms with Gasteiger partial charge in [0.1, 0.15) is 5.82 Å². The van der Waals surface area contributed by atoms with Gasteiger partial charge in [-0.05, 0) is 12.1 Å². The summed E-state index contributed by atoms with van der Waals surface area (Å²) in [6, 6.07) is 18.2. The van der Waals surface area contributed by atoms with E-state index >= 15 is 0 Å². The second-order valence-corrected chi connectivity index (χ2v) is 6.59. The Balaban J connectivity index is 1.64. The zero-order chi connectivity index (χ0) is 18.6.